The zero-order valence-corrected chi connectivity index (χ0v) is 16.9. The van der Waals surface area contributed by atoms with E-state index < -0.39 is 12.1 Å². The molecule has 0 spiro atoms. The van der Waals surface area contributed by atoms with Crippen molar-refractivity contribution in [2.75, 3.05) is 40.3 Å². The van der Waals surface area contributed by atoms with Crippen LogP contribution in [0, 0.1) is 0 Å². The Balaban J connectivity index is 0.00000280. The smallest absolute Gasteiger partial charge is 0.407 e. The highest BCUT2D eigenvalue weighted by Crippen LogP contribution is 2.44. The van der Waals surface area contributed by atoms with E-state index in [1.807, 2.05) is 38.4 Å². The third-order valence-corrected chi connectivity index (χ3v) is 4.89. The summed E-state index contributed by atoms with van der Waals surface area (Å²) >= 11 is 0. The Kier molecular flexibility index (Phi) is 7.05. The molecule has 0 bridgehead atoms. The van der Waals surface area contributed by atoms with Crippen molar-refractivity contribution < 1.29 is 23.9 Å². The second-order valence-corrected chi connectivity index (χ2v) is 7.46. The number of carbonyl (C=O) groups is 2. The van der Waals surface area contributed by atoms with Crippen LogP contribution in [0.1, 0.15) is 17.0 Å². The third-order valence-electron chi connectivity index (χ3n) is 4.89. The van der Waals surface area contributed by atoms with Gasteiger partial charge in [0.25, 0.3) is 0 Å². The number of carboxylic acids is 1. The van der Waals surface area contributed by atoms with E-state index in [9.17, 15) is 9.59 Å². The van der Waals surface area contributed by atoms with Gasteiger partial charge >= 0.3 is 12.1 Å². The van der Waals surface area contributed by atoms with Gasteiger partial charge in [0.2, 0.25) is 0 Å². The summed E-state index contributed by atoms with van der Waals surface area (Å²) in [5, 5.41) is 11.6. The molecule has 1 amide bonds. The number of carboxylic acid groups (broad SMARTS) is 1. The predicted molar refractivity (Wildman–Crippen MR) is 110 cm³/mol. The molecule has 0 unspecified atom stereocenters. The van der Waals surface area contributed by atoms with Crippen molar-refractivity contribution >= 4 is 24.5 Å². The fourth-order valence-corrected chi connectivity index (χ4v) is 3.56. The summed E-state index contributed by atoms with van der Waals surface area (Å²) in [6, 6.07) is 16.4. The van der Waals surface area contributed by atoms with Crippen LogP contribution >= 0.6 is 12.4 Å². The van der Waals surface area contributed by atoms with Crippen molar-refractivity contribution in [2.45, 2.75) is 5.92 Å². The fourth-order valence-electron chi connectivity index (χ4n) is 3.56. The van der Waals surface area contributed by atoms with Gasteiger partial charge in [-0.15, -0.1) is 12.4 Å². The number of hydrogen-bond donors (Lipinski definition) is 2. The van der Waals surface area contributed by atoms with Gasteiger partial charge in [0.15, 0.2) is 6.54 Å². The van der Waals surface area contributed by atoms with Crippen LogP contribution in [0.15, 0.2) is 48.5 Å². The molecule has 0 saturated heterocycles. The average Bonchev–Trinajstić information content (AvgIpc) is 2.93. The molecule has 1 aliphatic rings. The molecule has 2 aromatic rings. The number of quaternary nitrogens is 1. The number of amides is 1. The first-order chi connectivity index (χ1) is 12.9. The van der Waals surface area contributed by atoms with Crippen LogP contribution in [-0.4, -0.2) is 62.0 Å². The number of halogens is 1. The lowest BCUT2D eigenvalue weighted by atomic mass is 9.98. The molecule has 3 rings (SSSR count). The minimum Gasteiger partial charge on any atom is -0.477 e. The molecule has 0 heterocycles. The van der Waals surface area contributed by atoms with E-state index in [0.717, 1.165) is 0 Å². The van der Waals surface area contributed by atoms with Gasteiger partial charge in [-0.1, -0.05) is 48.5 Å². The van der Waals surface area contributed by atoms with Crippen LogP contribution in [0.25, 0.3) is 11.1 Å². The highest BCUT2D eigenvalue weighted by atomic mass is 35.5. The molecule has 2 N–H and O–H groups in total. The van der Waals surface area contributed by atoms with Crippen LogP contribution < -0.4 is 5.32 Å². The Morgan fingerprint density at radius 3 is 2.11 bits per heavy atom. The van der Waals surface area contributed by atoms with Gasteiger partial charge in [-0.3, -0.25) is 0 Å². The Bertz CT molecular complexity index is 808. The summed E-state index contributed by atoms with van der Waals surface area (Å²) in [4.78, 5) is 22.9. The molecule has 0 aromatic heterocycles. The van der Waals surface area contributed by atoms with E-state index in [1.54, 1.807) is 0 Å². The standard InChI is InChI=1S/C21H24N2O4.ClH/c1-23(2,13-20(24)25)12-11-22-21(26)27-14-19-17-9-5-3-7-15(17)16-8-4-6-10-18(16)19;/h3-10,19H,11-14H2,1-2H3,(H-,22,24,25,26);1H/p+1. The predicted octanol–water partition coefficient (Wildman–Crippen LogP) is 3.11. The van der Waals surface area contributed by atoms with Crippen LogP contribution in [0.5, 0.6) is 0 Å². The van der Waals surface area contributed by atoms with Crippen LogP contribution in [0.2, 0.25) is 0 Å². The van der Waals surface area contributed by atoms with Gasteiger partial charge in [-0.25, -0.2) is 9.59 Å². The Morgan fingerprint density at radius 2 is 1.57 bits per heavy atom. The molecule has 150 valence electrons. The van der Waals surface area contributed by atoms with Gasteiger partial charge in [-0.2, -0.15) is 0 Å². The molecule has 0 aliphatic heterocycles. The van der Waals surface area contributed by atoms with Crippen molar-refractivity contribution in [3.05, 3.63) is 59.7 Å². The Morgan fingerprint density at radius 1 is 1.04 bits per heavy atom. The number of hydrogen-bond acceptors (Lipinski definition) is 3. The molecular weight excluding hydrogens is 380 g/mol. The zero-order valence-electron chi connectivity index (χ0n) is 16.1. The number of benzene rings is 2. The number of alkyl carbamates (subject to hydrolysis) is 1. The molecule has 0 fully saturated rings. The highest BCUT2D eigenvalue weighted by Gasteiger charge is 2.29. The normalized spacial score (nSPS) is 12.5. The number of likely N-dealkylation sites (N-methyl/N-ethyl adjacent to an activating group) is 1. The maximum Gasteiger partial charge on any atom is 0.407 e. The van der Waals surface area contributed by atoms with Gasteiger partial charge in [0.1, 0.15) is 6.61 Å². The van der Waals surface area contributed by atoms with Crippen molar-refractivity contribution in [1.29, 1.82) is 0 Å². The van der Waals surface area contributed by atoms with E-state index >= 15 is 0 Å². The average molecular weight is 406 g/mol. The molecule has 6 nitrogen and oxygen atoms in total. The highest BCUT2D eigenvalue weighted by molar-refractivity contribution is 5.85. The van der Waals surface area contributed by atoms with E-state index in [4.69, 9.17) is 9.84 Å². The topological polar surface area (TPSA) is 75.6 Å². The molecule has 28 heavy (non-hydrogen) atoms. The van der Waals surface area contributed by atoms with Crippen LogP contribution in [0.4, 0.5) is 4.79 Å². The first-order valence-corrected chi connectivity index (χ1v) is 9.00. The van der Waals surface area contributed by atoms with Crippen molar-refractivity contribution in [2.24, 2.45) is 0 Å². The van der Waals surface area contributed by atoms with Crippen LogP contribution in [0.3, 0.4) is 0 Å². The lowest BCUT2D eigenvalue weighted by molar-refractivity contribution is -0.881. The number of aliphatic carboxylic acids is 1. The van der Waals surface area contributed by atoms with Crippen molar-refractivity contribution in [3.63, 3.8) is 0 Å². The van der Waals surface area contributed by atoms with Gasteiger partial charge in [0.05, 0.1) is 27.2 Å². The first kappa shape index (κ1) is 21.7. The minimum atomic E-state index is -0.860. The first-order valence-electron chi connectivity index (χ1n) is 9.00. The number of fused-ring (bicyclic) bond motifs is 3. The Labute approximate surface area is 171 Å². The van der Waals surface area contributed by atoms with E-state index in [2.05, 4.69) is 29.6 Å². The lowest BCUT2D eigenvalue weighted by Crippen LogP contribution is -2.48. The quantitative estimate of drug-likeness (QED) is 0.694. The Hall–Kier alpha value is -2.57. The van der Waals surface area contributed by atoms with E-state index in [0.29, 0.717) is 17.6 Å². The van der Waals surface area contributed by atoms with Crippen LogP contribution in [-0.2, 0) is 9.53 Å². The molecule has 7 heteroatoms. The number of nitrogens with zero attached hydrogens (tertiary/aromatic N) is 1. The van der Waals surface area contributed by atoms with E-state index in [1.165, 1.54) is 22.3 Å². The summed E-state index contributed by atoms with van der Waals surface area (Å²) in [6.07, 6.45) is -0.479. The lowest BCUT2D eigenvalue weighted by Gasteiger charge is -2.27. The number of rotatable bonds is 7. The summed E-state index contributed by atoms with van der Waals surface area (Å²) in [5.41, 5.74) is 4.72. The largest absolute Gasteiger partial charge is 0.477 e. The molecule has 1 aliphatic carbocycles. The monoisotopic (exact) mass is 405 g/mol. The molecule has 2 aromatic carbocycles. The third kappa shape index (κ3) is 5.03. The summed E-state index contributed by atoms with van der Waals surface area (Å²) in [5.74, 6) is -0.830. The van der Waals surface area contributed by atoms with Gasteiger partial charge < -0.3 is 19.6 Å². The van der Waals surface area contributed by atoms with E-state index in [-0.39, 0.29) is 31.5 Å². The maximum absolute atomic E-state index is 12.1. The van der Waals surface area contributed by atoms with Crippen molar-refractivity contribution in [3.8, 4) is 11.1 Å². The van der Waals surface area contributed by atoms with Gasteiger partial charge in [0, 0.05) is 5.92 Å². The second-order valence-electron chi connectivity index (χ2n) is 7.46. The number of ether oxygens (including phenoxy) is 1. The summed E-state index contributed by atoms with van der Waals surface area (Å²) in [7, 11) is 3.63. The molecular formula is C21H26ClN2O4+. The van der Waals surface area contributed by atoms with Gasteiger partial charge in [-0.05, 0) is 22.3 Å². The fraction of sp³-hybridized carbons (Fsp3) is 0.333. The second kappa shape index (κ2) is 9.08. The SMILES string of the molecule is C[N+](C)(CCNC(=O)OCC1c2ccccc2-c2ccccc21)CC(=O)O.Cl. The molecule has 0 atom stereocenters. The zero-order chi connectivity index (χ0) is 19.4. The summed E-state index contributed by atoms with van der Waals surface area (Å²) in [6.45, 7) is 1.15. The summed E-state index contributed by atoms with van der Waals surface area (Å²) < 4.78 is 5.75. The maximum atomic E-state index is 12.1. The minimum absolute atomic E-state index is 0. The number of carbonyl (C=O) groups excluding carboxylic acids is 1. The van der Waals surface area contributed by atoms with Crippen molar-refractivity contribution in [1.82, 2.24) is 5.32 Å². The molecule has 0 saturated carbocycles. The molecule has 0 radical (unpaired) electrons. The number of nitrogens with one attached hydrogen (secondary N) is 1.